The van der Waals surface area contributed by atoms with Crippen molar-refractivity contribution in [2.45, 2.75) is 63.6 Å². The van der Waals surface area contributed by atoms with E-state index in [1.807, 2.05) is 46.8 Å². The molecule has 1 aromatic heterocycles. The summed E-state index contributed by atoms with van der Waals surface area (Å²) in [5.74, 6) is 0.579. The Bertz CT molecular complexity index is 901. The summed E-state index contributed by atoms with van der Waals surface area (Å²) in [5.41, 5.74) is 2.32. The number of benzene rings is 1. The van der Waals surface area contributed by atoms with Crippen LogP contribution in [0.15, 0.2) is 27.4 Å². The zero-order valence-corrected chi connectivity index (χ0v) is 18.7. The average molecular weight is 425 g/mol. The van der Waals surface area contributed by atoms with Crippen LogP contribution in [0.4, 0.5) is 5.88 Å². The largest absolute Gasteiger partial charge is 0.598 e. The van der Waals surface area contributed by atoms with E-state index in [0.717, 1.165) is 37.1 Å². The van der Waals surface area contributed by atoms with Crippen LogP contribution in [0.5, 0.6) is 0 Å². The van der Waals surface area contributed by atoms with Crippen molar-refractivity contribution in [1.29, 1.82) is 0 Å². The summed E-state index contributed by atoms with van der Waals surface area (Å²) in [6.07, 6.45) is 1.74. The number of piperidine rings is 1. The highest BCUT2D eigenvalue weighted by Gasteiger charge is 2.29. The molecule has 3 rings (SSSR count). The standard InChI is InChI=1S/C21H29ClN2O3S/c1-13-10-16(14(2)23-28(26)21(3,4)5)20-17(11-13)18(25)12-19(27-20)24-8-6-15(22)7-9-24/h10-12,14-15,23H,6-9H2,1-5H3/t14-,28?/m1/s1. The highest BCUT2D eigenvalue weighted by Crippen LogP contribution is 2.30. The van der Waals surface area contributed by atoms with Crippen LogP contribution in [0.25, 0.3) is 11.0 Å². The number of anilines is 1. The molecule has 0 bridgehead atoms. The third-order valence-corrected chi connectivity index (χ3v) is 7.15. The molecule has 2 atom stereocenters. The maximum absolute atomic E-state index is 12.8. The molecule has 28 heavy (non-hydrogen) atoms. The number of hydrogen-bond acceptors (Lipinski definition) is 5. The summed E-state index contributed by atoms with van der Waals surface area (Å²) in [4.78, 5) is 14.9. The Balaban J connectivity index is 2.03. The third kappa shape index (κ3) is 4.67. The third-order valence-electron chi connectivity index (χ3n) is 5.03. The summed E-state index contributed by atoms with van der Waals surface area (Å²) in [7, 11) is 0. The maximum Gasteiger partial charge on any atom is 0.200 e. The van der Waals surface area contributed by atoms with Crippen molar-refractivity contribution in [1.82, 2.24) is 4.72 Å². The second kappa shape index (κ2) is 8.27. The molecular weight excluding hydrogens is 396 g/mol. The quantitative estimate of drug-likeness (QED) is 0.581. The average Bonchev–Trinajstić information content (AvgIpc) is 2.61. The van der Waals surface area contributed by atoms with Crippen LogP contribution in [0.2, 0.25) is 0 Å². The van der Waals surface area contributed by atoms with Crippen LogP contribution in [0, 0.1) is 6.92 Å². The van der Waals surface area contributed by atoms with E-state index in [9.17, 15) is 9.35 Å². The molecule has 0 amide bonds. The van der Waals surface area contributed by atoms with Crippen molar-refractivity contribution in [3.05, 3.63) is 39.5 Å². The van der Waals surface area contributed by atoms with Gasteiger partial charge in [0.25, 0.3) is 0 Å². The van der Waals surface area contributed by atoms with Gasteiger partial charge in [0.15, 0.2) is 11.3 Å². The highest BCUT2D eigenvalue weighted by molar-refractivity contribution is 7.90. The minimum absolute atomic E-state index is 0.0571. The molecule has 0 saturated carbocycles. The minimum atomic E-state index is -1.23. The van der Waals surface area contributed by atoms with Crippen LogP contribution in [0.3, 0.4) is 0 Å². The van der Waals surface area contributed by atoms with E-state index in [4.69, 9.17) is 16.0 Å². The lowest BCUT2D eigenvalue weighted by Crippen LogP contribution is -2.40. The zero-order chi connectivity index (χ0) is 20.6. The zero-order valence-electron chi connectivity index (χ0n) is 17.2. The Morgan fingerprint density at radius 2 is 1.93 bits per heavy atom. The van der Waals surface area contributed by atoms with Crippen molar-refractivity contribution in [2.75, 3.05) is 18.0 Å². The first kappa shape index (κ1) is 21.5. The molecule has 1 aliphatic heterocycles. The first-order chi connectivity index (χ1) is 13.1. The summed E-state index contributed by atoms with van der Waals surface area (Å²) in [5, 5.41) is 0.736. The van der Waals surface area contributed by atoms with Crippen molar-refractivity contribution in [3.8, 4) is 0 Å². The van der Waals surface area contributed by atoms with Gasteiger partial charge in [0.2, 0.25) is 0 Å². The number of alkyl halides is 1. The Hall–Kier alpha value is -1.21. The number of hydrogen-bond donors (Lipinski definition) is 1. The monoisotopic (exact) mass is 424 g/mol. The van der Waals surface area contributed by atoms with Gasteiger partial charge in [-0.3, -0.25) is 4.79 Å². The second-order valence-electron chi connectivity index (χ2n) is 8.56. The maximum atomic E-state index is 12.8. The highest BCUT2D eigenvalue weighted by atomic mass is 35.5. The lowest BCUT2D eigenvalue weighted by molar-refractivity contribution is 0.510. The molecule has 0 aliphatic carbocycles. The molecule has 7 heteroatoms. The Labute approximate surface area is 174 Å². The van der Waals surface area contributed by atoms with E-state index in [2.05, 4.69) is 9.62 Å². The molecule has 1 fully saturated rings. The van der Waals surface area contributed by atoms with E-state index >= 15 is 0 Å². The van der Waals surface area contributed by atoms with Gasteiger partial charge < -0.3 is 13.9 Å². The predicted octanol–water partition coefficient (Wildman–Crippen LogP) is 4.42. The molecule has 1 saturated heterocycles. The molecule has 0 spiro atoms. The lowest BCUT2D eigenvalue weighted by atomic mass is 10.0. The van der Waals surface area contributed by atoms with Crippen LogP contribution < -0.4 is 15.1 Å². The van der Waals surface area contributed by atoms with Gasteiger partial charge in [-0.1, -0.05) is 6.07 Å². The first-order valence-electron chi connectivity index (χ1n) is 9.71. The predicted molar refractivity (Wildman–Crippen MR) is 118 cm³/mol. The minimum Gasteiger partial charge on any atom is -0.598 e. The van der Waals surface area contributed by atoms with E-state index < -0.39 is 11.4 Å². The van der Waals surface area contributed by atoms with Gasteiger partial charge in [0, 0.05) is 41.5 Å². The van der Waals surface area contributed by atoms with Crippen molar-refractivity contribution < 1.29 is 8.97 Å². The van der Waals surface area contributed by atoms with Gasteiger partial charge in [-0.15, -0.1) is 16.3 Å². The number of fused-ring (bicyclic) bond motifs is 1. The fraction of sp³-hybridized carbons (Fsp3) is 0.571. The topological polar surface area (TPSA) is 68.5 Å². The molecule has 5 nitrogen and oxygen atoms in total. The van der Waals surface area contributed by atoms with E-state index in [0.29, 0.717) is 16.9 Å². The van der Waals surface area contributed by atoms with Crippen LogP contribution in [-0.2, 0) is 11.4 Å². The number of halogens is 1. The molecule has 0 radical (unpaired) electrons. The lowest BCUT2D eigenvalue weighted by Gasteiger charge is -2.30. The van der Waals surface area contributed by atoms with Gasteiger partial charge in [-0.2, -0.15) is 0 Å². The van der Waals surface area contributed by atoms with Crippen molar-refractivity contribution in [2.24, 2.45) is 0 Å². The van der Waals surface area contributed by atoms with Crippen molar-refractivity contribution >= 4 is 39.8 Å². The van der Waals surface area contributed by atoms with Crippen molar-refractivity contribution in [3.63, 3.8) is 0 Å². The number of rotatable bonds is 4. The normalized spacial score (nSPS) is 18.5. The smallest absolute Gasteiger partial charge is 0.200 e. The summed E-state index contributed by atoms with van der Waals surface area (Å²) in [6, 6.07) is 5.20. The van der Waals surface area contributed by atoms with Gasteiger partial charge in [0.1, 0.15) is 10.3 Å². The number of aryl methyl sites for hydroxylation is 1. The first-order valence-corrected chi connectivity index (χ1v) is 11.3. The van der Waals surface area contributed by atoms with Crippen LogP contribution in [-0.4, -0.2) is 27.8 Å². The van der Waals surface area contributed by atoms with E-state index in [1.54, 1.807) is 6.07 Å². The number of nitrogens with zero attached hydrogens (tertiary/aromatic N) is 1. The van der Waals surface area contributed by atoms with Gasteiger partial charge in [0.05, 0.1) is 11.4 Å². The SMILES string of the molecule is Cc1cc([C@@H](C)N[S+]([O-])C(C)(C)C)c2oc(N3CCC(Cl)CC3)cc(=O)c2c1. The Morgan fingerprint density at radius 1 is 1.29 bits per heavy atom. The van der Waals surface area contributed by atoms with E-state index in [-0.39, 0.29) is 21.6 Å². The van der Waals surface area contributed by atoms with Gasteiger partial charge >= 0.3 is 0 Å². The molecular formula is C21H29ClN2O3S. The molecule has 1 unspecified atom stereocenters. The summed E-state index contributed by atoms with van der Waals surface area (Å²) < 4.78 is 21.6. The molecule has 2 aromatic rings. The summed E-state index contributed by atoms with van der Waals surface area (Å²) >= 11 is 4.98. The molecule has 154 valence electrons. The number of nitrogens with one attached hydrogen (secondary N) is 1. The molecule has 2 heterocycles. The summed E-state index contributed by atoms with van der Waals surface area (Å²) in [6.45, 7) is 11.2. The molecule has 1 aromatic carbocycles. The Morgan fingerprint density at radius 3 is 2.54 bits per heavy atom. The van der Waals surface area contributed by atoms with Gasteiger partial charge in [-0.25, -0.2) is 0 Å². The fourth-order valence-electron chi connectivity index (χ4n) is 3.37. The van der Waals surface area contributed by atoms with E-state index in [1.165, 1.54) is 0 Å². The molecule has 1 N–H and O–H groups in total. The second-order valence-corrected chi connectivity index (χ2v) is 11.2. The van der Waals surface area contributed by atoms with Crippen LogP contribution in [0.1, 0.15) is 57.7 Å². The Kier molecular flexibility index (Phi) is 6.35. The van der Waals surface area contributed by atoms with Gasteiger partial charge in [-0.05, 0) is 59.1 Å². The fourth-order valence-corrected chi connectivity index (χ4v) is 4.37. The molecule has 1 aliphatic rings. The van der Waals surface area contributed by atoms with Crippen LogP contribution >= 0.6 is 11.6 Å².